The highest BCUT2D eigenvalue weighted by molar-refractivity contribution is 7.91. The maximum atomic E-state index is 13.2. The lowest BCUT2D eigenvalue weighted by molar-refractivity contribution is 0.120. The van der Waals surface area contributed by atoms with Gasteiger partial charge in [-0.2, -0.15) is 4.98 Å². The van der Waals surface area contributed by atoms with Crippen LogP contribution < -0.4 is 5.32 Å². The summed E-state index contributed by atoms with van der Waals surface area (Å²) in [5.74, 6) is -0.312. The van der Waals surface area contributed by atoms with Crippen LogP contribution in [-0.4, -0.2) is 32.7 Å². The summed E-state index contributed by atoms with van der Waals surface area (Å²) in [7, 11) is -3.97. The molecule has 1 unspecified atom stereocenters. The molecular formula is C20H18ClFN2O4S. The van der Waals surface area contributed by atoms with Gasteiger partial charge in [-0.25, -0.2) is 12.8 Å². The minimum atomic E-state index is -3.97. The van der Waals surface area contributed by atoms with Crippen molar-refractivity contribution >= 4 is 27.3 Å². The van der Waals surface area contributed by atoms with Crippen molar-refractivity contribution in [3.63, 3.8) is 0 Å². The second kappa shape index (κ2) is 8.14. The molecular weight excluding hydrogens is 419 g/mol. The molecule has 2 heterocycles. The Morgan fingerprint density at radius 1 is 1.14 bits per heavy atom. The number of hydrogen-bond acceptors (Lipinski definition) is 6. The first-order chi connectivity index (χ1) is 13.9. The third-order valence-electron chi connectivity index (χ3n) is 4.58. The predicted molar refractivity (Wildman–Crippen MR) is 106 cm³/mol. The minimum Gasteiger partial charge on any atom is -0.419 e. The van der Waals surface area contributed by atoms with E-state index >= 15 is 0 Å². The van der Waals surface area contributed by atoms with Gasteiger partial charge in [-0.05, 0) is 61.4 Å². The molecule has 29 heavy (non-hydrogen) atoms. The van der Waals surface area contributed by atoms with Gasteiger partial charge in [0.05, 0.1) is 11.0 Å². The van der Waals surface area contributed by atoms with E-state index in [9.17, 15) is 12.8 Å². The van der Waals surface area contributed by atoms with Gasteiger partial charge >= 0.3 is 0 Å². The van der Waals surface area contributed by atoms with Crippen molar-refractivity contribution in [1.82, 2.24) is 4.98 Å². The first-order valence-corrected chi connectivity index (χ1v) is 10.9. The first-order valence-electron chi connectivity index (χ1n) is 9.06. The van der Waals surface area contributed by atoms with Crippen molar-refractivity contribution in [2.45, 2.75) is 28.9 Å². The maximum absolute atomic E-state index is 13.2. The van der Waals surface area contributed by atoms with Crippen molar-refractivity contribution in [1.29, 1.82) is 0 Å². The van der Waals surface area contributed by atoms with Crippen LogP contribution in [0.25, 0.3) is 11.5 Å². The van der Waals surface area contributed by atoms with Crippen molar-refractivity contribution < 1.29 is 22.0 Å². The molecule has 1 saturated heterocycles. The number of nitrogens with one attached hydrogen (secondary N) is 1. The summed E-state index contributed by atoms with van der Waals surface area (Å²) in [6.45, 7) is 1.07. The average Bonchev–Trinajstić information content (AvgIpc) is 3.37. The molecule has 0 aliphatic carbocycles. The molecule has 1 aliphatic rings. The summed E-state index contributed by atoms with van der Waals surface area (Å²) in [5.41, 5.74) is 0.462. The summed E-state index contributed by atoms with van der Waals surface area (Å²) >= 11 is 5.87. The number of benzene rings is 2. The smallest absolute Gasteiger partial charge is 0.233 e. The number of ether oxygens (including phenoxy) is 1. The van der Waals surface area contributed by atoms with Crippen LogP contribution in [0, 0.1) is 5.82 Å². The molecule has 4 rings (SSSR count). The molecule has 1 fully saturated rings. The standard InChI is InChI=1S/C20H18ClFN2O4S/c21-14-5-9-17(10-6-14)29(25,26)20-19(23-12-16-2-1-11-27-16)28-18(24-20)13-3-7-15(22)8-4-13/h3-10,16,23H,1-2,11-12H2. The number of nitrogens with zero attached hydrogens (tertiary/aromatic N) is 1. The van der Waals surface area contributed by atoms with Gasteiger partial charge in [0.1, 0.15) is 5.82 Å². The Morgan fingerprint density at radius 3 is 2.52 bits per heavy atom. The monoisotopic (exact) mass is 436 g/mol. The zero-order valence-electron chi connectivity index (χ0n) is 15.3. The Balaban J connectivity index is 1.73. The van der Waals surface area contributed by atoms with E-state index in [1.807, 2.05) is 0 Å². The molecule has 6 nitrogen and oxygen atoms in total. The third kappa shape index (κ3) is 4.29. The molecule has 0 spiro atoms. The zero-order chi connectivity index (χ0) is 20.4. The van der Waals surface area contributed by atoms with Gasteiger partial charge in [0.15, 0.2) is 0 Å². The normalized spacial score (nSPS) is 16.8. The van der Waals surface area contributed by atoms with Gasteiger partial charge in [-0.1, -0.05) is 11.6 Å². The molecule has 1 aromatic heterocycles. The molecule has 9 heteroatoms. The van der Waals surface area contributed by atoms with Crippen LogP contribution in [0.5, 0.6) is 0 Å². The van der Waals surface area contributed by atoms with Crippen LogP contribution in [0.1, 0.15) is 12.8 Å². The average molecular weight is 437 g/mol. The fourth-order valence-corrected chi connectivity index (χ4v) is 4.46. The number of rotatable bonds is 6. The lowest BCUT2D eigenvalue weighted by Gasteiger charge is -2.10. The number of hydrogen-bond donors (Lipinski definition) is 1. The summed E-state index contributed by atoms with van der Waals surface area (Å²) in [6.07, 6.45) is 1.81. The van der Waals surface area contributed by atoms with Crippen LogP contribution in [0.2, 0.25) is 5.02 Å². The zero-order valence-corrected chi connectivity index (χ0v) is 16.8. The van der Waals surface area contributed by atoms with Gasteiger partial charge in [0.25, 0.3) is 0 Å². The van der Waals surface area contributed by atoms with Crippen LogP contribution in [0.4, 0.5) is 10.3 Å². The van der Waals surface area contributed by atoms with Gasteiger partial charge in [-0.15, -0.1) is 0 Å². The first kappa shape index (κ1) is 19.9. The molecule has 0 saturated carbocycles. The highest BCUT2D eigenvalue weighted by Crippen LogP contribution is 2.33. The van der Waals surface area contributed by atoms with E-state index in [2.05, 4.69) is 10.3 Å². The molecule has 0 amide bonds. The summed E-state index contributed by atoms with van der Waals surface area (Å²) in [4.78, 5) is 4.26. The lowest BCUT2D eigenvalue weighted by atomic mass is 10.2. The predicted octanol–water partition coefficient (Wildman–Crippen LogP) is 4.56. The Morgan fingerprint density at radius 2 is 1.86 bits per heavy atom. The van der Waals surface area contributed by atoms with Crippen molar-refractivity contribution in [3.8, 4) is 11.5 Å². The van der Waals surface area contributed by atoms with Crippen LogP contribution >= 0.6 is 11.6 Å². The van der Waals surface area contributed by atoms with Crippen LogP contribution in [0.15, 0.2) is 62.9 Å². The molecule has 0 bridgehead atoms. The number of aromatic nitrogens is 1. The van der Waals surface area contributed by atoms with Crippen LogP contribution in [-0.2, 0) is 14.6 Å². The third-order valence-corrected chi connectivity index (χ3v) is 6.51. The molecule has 1 N–H and O–H groups in total. The molecule has 0 radical (unpaired) electrons. The maximum Gasteiger partial charge on any atom is 0.233 e. The quantitative estimate of drug-likeness (QED) is 0.610. The Bertz CT molecular complexity index is 1090. The van der Waals surface area contributed by atoms with Gasteiger partial charge in [0.2, 0.25) is 26.6 Å². The highest BCUT2D eigenvalue weighted by Gasteiger charge is 2.29. The summed E-state index contributed by atoms with van der Waals surface area (Å²) in [5, 5.41) is 3.20. The lowest BCUT2D eigenvalue weighted by Crippen LogP contribution is -2.19. The molecule has 1 aliphatic heterocycles. The summed E-state index contributed by atoms with van der Waals surface area (Å²) < 4.78 is 50.9. The largest absolute Gasteiger partial charge is 0.419 e. The number of halogens is 2. The second-order valence-electron chi connectivity index (χ2n) is 6.63. The fourth-order valence-electron chi connectivity index (χ4n) is 3.05. The van der Waals surface area contributed by atoms with E-state index in [1.165, 1.54) is 48.5 Å². The van der Waals surface area contributed by atoms with E-state index in [4.69, 9.17) is 20.8 Å². The molecule has 152 valence electrons. The van der Waals surface area contributed by atoms with Crippen LogP contribution in [0.3, 0.4) is 0 Å². The Kier molecular flexibility index (Phi) is 5.58. The van der Waals surface area contributed by atoms with Gasteiger partial charge < -0.3 is 14.5 Å². The molecule has 1 atom stereocenters. The Hall–Kier alpha value is -2.42. The van der Waals surface area contributed by atoms with E-state index in [0.29, 0.717) is 23.7 Å². The van der Waals surface area contributed by atoms with E-state index < -0.39 is 15.7 Å². The van der Waals surface area contributed by atoms with Crippen molar-refractivity contribution in [2.75, 3.05) is 18.5 Å². The Labute approximate surface area is 172 Å². The van der Waals surface area contributed by atoms with Gasteiger partial charge in [0, 0.05) is 23.7 Å². The number of sulfone groups is 1. The van der Waals surface area contributed by atoms with Gasteiger partial charge in [-0.3, -0.25) is 0 Å². The molecule has 3 aromatic rings. The minimum absolute atomic E-state index is 0.0229. The van der Waals surface area contributed by atoms with E-state index in [1.54, 1.807) is 0 Å². The number of anilines is 1. The molecule has 2 aromatic carbocycles. The SMILES string of the molecule is O=S(=O)(c1ccc(Cl)cc1)c1nc(-c2ccc(F)cc2)oc1NCC1CCCO1. The van der Waals surface area contributed by atoms with E-state index in [-0.39, 0.29) is 27.8 Å². The topological polar surface area (TPSA) is 81.4 Å². The second-order valence-corrected chi connectivity index (χ2v) is 8.93. The fraction of sp³-hybridized carbons (Fsp3) is 0.250. The summed E-state index contributed by atoms with van der Waals surface area (Å²) in [6, 6.07) is 11.3. The van der Waals surface area contributed by atoms with E-state index in [0.717, 1.165) is 12.8 Å². The van der Waals surface area contributed by atoms with Crippen molar-refractivity contribution in [3.05, 3.63) is 59.4 Å². The van der Waals surface area contributed by atoms with Crippen molar-refractivity contribution in [2.24, 2.45) is 0 Å². The highest BCUT2D eigenvalue weighted by atomic mass is 35.5. The number of oxazole rings is 1.